The van der Waals surface area contributed by atoms with Gasteiger partial charge < -0.3 is 15.0 Å². The minimum Gasteiger partial charge on any atom is -0.452 e. The largest absolute Gasteiger partial charge is 0.452 e. The van der Waals surface area contributed by atoms with E-state index in [-0.39, 0.29) is 12.5 Å². The number of carbonyl (C=O) groups excluding carboxylic acids is 2. The van der Waals surface area contributed by atoms with Crippen molar-refractivity contribution in [2.24, 2.45) is 0 Å². The number of nitrogens with zero attached hydrogens (tertiary/aromatic N) is 1. The number of carbonyl (C=O) groups is 2. The van der Waals surface area contributed by atoms with Gasteiger partial charge in [-0.3, -0.25) is 4.79 Å². The maximum atomic E-state index is 11.8. The molecule has 5 nitrogen and oxygen atoms in total. The number of aryl methyl sites for hydroxylation is 1. The van der Waals surface area contributed by atoms with Crippen LogP contribution in [-0.4, -0.2) is 32.6 Å². The minimum atomic E-state index is -0.545. The predicted molar refractivity (Wildman–Crippen MR) is 104 cm³/mol. The van der Waals surface area contributed by atoms with Gasteiger partial charge in [0.1, 0.15) is 0 Å². The number of nitrogens with one attached hydrogen (secondary N) is 1. The summed E-state index contributed by atoms with van der Waals surface area (Å²) < 4.78 is 4.94. The molecule has 0 unspecified atom stereocenters. The lowest BCUT2D eigenvalue weighted by Crippen LogP contribution is -2.28. The molecule has 0 saturated heterocycles. The van der Waals surface area contributed by atoms with Crippen molar-refractivity contribution in [3.63, 3.8) is 0 Å². The van der Waals surface area contributed by atoms with Gasteiger partial charge in [-0.15, -0.1) is 0 Å². The number of esters is 1. The second-order valence-electron chi connectivity index (χ2n) is 6.19. The zero-order valence-corrected chi connectivity index (χ0v) is 15.4. The molecule has 1 N–H and O–H groups in total. The van der Waals surface area contributed by atoms with Gasteiger partial charge in [0, 0.05) is 32.4 Å². The van der Waals surface area contributed by atoms with E-state index in [1.54, 1.807) is 6.08 Å². The lowest BCUT2D eigenvalue weighted by Gasteiger charge is -2.12. The number of hydrogen-bond acceptors (Lipinski definition) is 4. The van der Waals surface area contributed by atoms with Gasteiger partial charge in [0.15, 0.2) is 6.61 Å². The SMILES string of the molecule is Cc1ccc(/C=C/C(=O)OCC(=O)NCc2ccc(N(C)C)cc2)cc1. The predicted octanol–water partition coefficient (Wildman–Crippen LogP) is 2.93. The average Bonchev–Trinajstić information content (AvgIpc) is 2.64. The maximum Gasteiger partial charge on any atom is 0.331 e. The molecular weight excluding hydrogens is 328 g/mol. The van der Waals surface area contributed by atoms with E-state index in [1.165, 1.54) is 6.08 Å². The summed E-state index contributed by atoms with van der Waals surface area (Å²) in [4.78, 5) is 25.5. The van der Waals surface area contributed by atoms with Crippen LogP contribution in [0.4, 0.5) is 5.69 Å². The van der Waals surface area contributed by atoms with Crippen molar-refractivity contribution in [3.05, 3.63) is 71.3 Å². The third-order valence-electron chi connectivity index (χ3n) is 3.78. The maximum absolute atomic E-state index is 11.8. The molecule has 0 saturated carbocycles. The van der Waals surface area contributed by atoms with Gasteiger partial charge in [0.25, 0.3) is 5.91 Å². The number of benzene rings is 2. The fourth-order valence-electron chi connectivity index (χ4n) is 2.19. The molecule has 2 aromatic rings. The molecular formula is C21H24N2O3. The Hall–Kier alpha value is -3.08. The Labute approximate surface area is 154 Å². The summed E-state index contributed by atoms with van der Waals surface area (Å²) in [5.74, 6) is -0.880. The van der Waals surface area contributed by atoms with Gasteiger partial charge >= 0.3 is 5.97 Å². The third-order valence-corrected chi connectivity index (χ3v) is 3.78. The molecule has 2 aromatic carbocycles. The van der Waals surface area contributed by atoms with E-state index in [1.807, 2.05) is 74.4 Å². The van der Waals surface area contributed by atoms with E-state index in [0.29, 0.717) is 6.54 Å². The summed E-state index contributed by atoms with van der Waals surface area (Å²) in [6, 6.07) is 15.6. The molecule has 0 fully saturated rings. The minimum absolute atomic E-state index is 0.299. The Bertz CT molecular complexity index is 763. The highest BCUT2D eigenvalue weighted by Gasteiger charge is 2.05. The Morgan fingerprint density at radius 3 is 2.31 bits per heavy atom. The number of amides is 1. The van der Waals surface area contributed by atoms with E-state index in [9.17, 15) is 9.59 Å². The van der Waals surface area contributed by atoms with Crippen LogP contribution in [0.1, 0.15) is 16.7 Å². The van der Waals surface area contributed by atoms with Gasteiger partial charge in [-0.25, -0.2) is 4.79 Å². The number of anilines is 1. The van der Waals surface area contributed by atoms with Crippen LogP contribution >= 0.6 is 0 Å². The molecule has 0 aliphatic carbocycles. The van der Waals surface area contributed by atoms with E-state index < -0.39 is 5.97 Å². The molecule has 0 aliphatic heterocycles. The van der Waals surface area contributed by atoms with Crippen LogP contribution < -0.4 is 10.2 Å². The first-order valence-corrected chi connectivity index (χ1v) is 8.38. The monoisotopic (exact) mass is 352 g/mol. The molecule has 0 bridgehead atoms. The summed E-state index contributed by atoms with van der Waals surface area (Å²) in [6.07, 6.45) is 2.98. The van der Waals surface area contributed by atoms with Crippen molar-refractivity contribution >= 4 is 23.6 Å². The standard InChI is InChI=1S/C21H24N2O3/c1-16-4-6-17(7-5-16)10-13-21(25)26-15-20(24)22-14-18-8-11-19(12-9-18)23(2)3/h4-13H,14-15H2,1-3H3,(H,22,24)/b13-10+. The zero-order valence-electron chi connectivity index (χ0n) is 15.4. The summed E-state index contributed by atoms with van der Waals surface area (Å²) in [5.41, 5.74) is 4.12. The Morgan fingerprint density at radius 2 is 1.69 bits per heavy atom. The van der Waals surface area contributed by atoms with Gasteiger partial charge in [0.2, 0.25) is 0 Å². The van der Waals surface area contributed by atoms with Crippen molar-refractivity contribution in [1.82, 2.24) is 5.32 Å². The van der Waals surface area contributed by atoms with E-state index in [0.717, 1.165) is 22.4 Å². The van der Waals surface area contributed by atoms with Crippen LogP contribution in [-0.2, 0) is 20.9 Å². The second kappa shape index (κ2) is 9.42. The molecule has 0 atom stereocenters. The van der Waals surface area contributed by atoms with Crippen LogP contribution in [0.5, 0.6) is 0 Å². The molecule has 26 heavy (non-hydrogen) atoms. The lowest BCUT2D eigenvalue weighted by atomic mass is 10.1. The molecule has 0 radical (unpaired) electrons. The Kier molecular flexibility index (Phi) is 6.97. The molecule has 0 spiro atoms. The summed E-state index contributed by atoms with van der Waals surface area (Å²) in [6.45, 7) is 2.09. The van der Waals surface area contributed by atoms with Crippen molar-refractivity contribution in [2.45, 2.75) is 13.5 Å². The van der Waals surface area contributed by atoms with Gasteiger partial charge in [0.05, 0.1) is 0 Å². The van der Waals surface area contributed by atoms with Crippen LogP contribution in [0.15, 0.2) is 54.6 Å². The smallest absolute Gasteiger partial charge is 0.331 e. The number of rotatable bonds is 7. The van der Waals surface area contributed by atoms with Crippen molar-refractivity contribution in [1.29, 1.82) is 0 Å². The molecule has 2 rings (SSSR count). The highest BCUT2D eigenvalue weighted by atomic mass is 16.5. The van der Waals surface area contributed by atoms with Crippen LogP contribution in [0.25, 0.3) is 6.08 Å². The lowest BCUT2D eigenvalue weighted by molar-refractivity contribution is -0.143. The topological polar surface area (TPSA) is 58.6 Å². The second-order valence-corrected chi connectivity index (χ2v) is 6.19. The molecule has 136 valence electrons. The fourth-order valence-corrected chi connectivity index (χ4v) is 2.19. The van der Waals surface area contributed by atoms with Crippen molar-refractivity contribution in [3.8, 4) is 0 Å². The first-order chi connectivity index (χ1) is 12.4. The normalized spacial score (nSPS) is 10.6. The number of hydrogen-bond donors (Lipinski definition) is 1. The molecule has 0 aliphatic rings. The first-order valence-electron chi connectivity index (χ1n) is 8.38. The number of ether oxygens (including phenoxy) is 1. The van der Waals surface area contributed by atoms with Crippen LogP contribution in [0.2, 0.25) is 0 Å². The Morgan fingerprint density at radius 1 is 1.04 bits per heavy atom. The van der Waals surface area contributed by atoms with E-state index >= 15 is 0 Å². The molecule has 1 amide bonds. The van der Waals surface area contributed by atoms with Gasteiger partial charge in [-0.2, -0.15) is 0 Å². The molecule has 0 aromatic heterocycles. The molecule has 0 heterocycles. The third kappa shape index (κ3) is 6.43. The summed E-state index contributed by atoms with van der Waals surface area (Å²) >= 11 is 0. The summed E-state index contributed by atoms with van der Waals surface area (Å²) in [5, 5.41) is 2.73. The molecule has 5 heteroatoms. The van der Waals surface area contributed by atoms with Crippen molar-refractivity contribution in [2.75, 3.05) is 25.6 Å². The first kappa shape index (κ1) is 19.2. The van der Waals surface area contributed by atoms with Crippen LogP contribution in [0, 0.1) is 6.92 Å². The average molecular weight is 352 g/mol. The van der Waals surface area contributed by atoms with Crippen LogP contribution in [0.3, 0.4) is 0 Å². The fraction of sp³-hybridized carbons (Fsp3) is 0.238. The van der Waals surface area contributed by atoms with Gasteiger partial charge in [-0.1, -0.05) is 42.0 Å². The highest BCUT2D eigenvalue weighted by molar-refractivity contribution is 5.89. The Balaban J connectivity index is 1.72. The zero-order chi connectivity index (χ0) is 18.9. The quantitative estimate of drug-likeness (QED) is 0.615. The van der Waals surface area contributed by atoms with Crippen molar-refractivity contribution < 1.29 is 14.3 Å². The van der Waals surface area contributed by atoms with E-state index in [2.05, 4.69) is 5.32 Å². The highest BCUT2D eigenvalue weighted by Crippen LogP contribution is 2.11. The van der Waals surface area contributed by atoms with E-state index in [4.69, 9.17) is 4.74 Å². The summed E-state index contributed by atoms with van der Waals surface area (Å²) in [7, 11) is 3.94. The van der Waals surface area contributed by atoms with Gasteiger partial charge in [-0.05, 0) is 36.3 Å².